The molecule has 0 aliphatic rings. The highest BCUT2D eigenvalue weighted by atomic mass is 32.1. The molecule has 2 N–H and O–H groups in total. The Morgan fingerprint density at radius 1 is 0.964 bits per heavy atom. The molecule has 5 heteroatoms. The molecule has 2 aromatic carbocycles. The van der Waals surface area contributed by atoms with Gasteiger partial charge in [0.2, 0.25) is 0 Å². The van der Waals surface area contributed by atoms with Crippen LogP contribution < -0.4 is 10.6 Å². The molecule has 0 aliphatic carbocycles. The van der Waals surface area contributed by atoms with Gasteiger partial charge in [0, 0.05) is 17.0 Å². The van der Waals surface area contributed by atoms with Gasteiger partial charge in [-0.1, -0.05) is 54.1 Å². The maximum Gasteiger partial charge on any atom is 0.267 e. The van der Waals surface area contributed by atoms with E-state index < -0.39 is 0 Å². The van der Waals surface area contributed by atoms with Crippen molar-refractivity contribution in [2.75, 3.05) is 6.54 Å². The van der Waals surface area contributed by atoms with Crippen LogP contribution in [0.1, 0.15) is 26.4 Å². The summed E-state index contributed by atoms with van der Waals surface area (Å²) in [6.45, 7) is 2.45. The standard InChI is InChI=1S/C23H22N2O2S/c1-17-9-11-19(12-10-17)22(26)25-21(16-20-8-5-15-28-20)23(27)24-14-13-18-6-3-2-4-7-18/h2-12,15-16H,13-14H2,1H3,(H,24,27)(H,25,26). The number of carbonyl (C=O) groups is 2. The summed E-state index contributed by atoms with van der Waals surface area (Å²) in [6.07, 6.45) is 2.43. The molecule has 28 heavy (non-hydrogen) atoms. The summed E-state index contributed by atoms with van der Waals surface area (Å²) in [5.74, 6) is -0.606. The number of amides is 2. The van der Waals surface area contributed by atoms with E-state index in [1.54, 1.807) is 18.2 Å². The van der Waals surface area contributed by atoms with Gasteiger partial charge in [0.05, 0.1) is 0 Å². The lowest BCUT2D eigenvalue weighted by molar-refractivity contribution is -0.117. The van der Waals surface area contributed by atoms with Crippen molar-refractivity contribution in [2.45, 2.75) is 13.3 Å². The monoisotopic (exact) mass is 390 g/mol. The van der Waals surface area contributed by atoms with Crippen LogP contribution in [0.2, 0.25) is 0 Å². The average molecular weight is 391 g/mol. The Morgan fingerprint density at radius 2 is 1.71 bits per heavy atom. The molecule has 3 rings (SSSR count). The SMILES string of the molecule is Cc1ccc(C(=O)NC(=Cc2cccs2)C(=O)NCCc2ccccc2)cc1. The average Bonchev–Trinajstić information content (AvgIpc) is 3.22. The second-order valence-corrected chi connectivity index (χ2v) is 7.36. The van der Waals surface area contributed by atoms with Crippen LogP contribution in [0.5, 0.6) is 0 Å². The van der Waals surface area contributed by atoms with E-state index in [1.165, 1.54) is 11.3 Å². The fourth-order valence-electron chi connectivity index (χ4n) is 2.63. The Labute approximate surface area is 168 Å². The van der Waals surface area contributed by atoms with Crippen LogP contribution in [-0.2, 0) is 11.2 Å². The highest BCUT2D eigenvalue weighted by Gasteiger charge is 2.14. The van der Waals surface area contributed by atoms with Gasteiger partial charge in [0.25, 0.3) is 11.8 Å². The first-order valence-corrected chi connectivity index (χ1v) is 9.95. The van der Waals surface area contributed by atoms with Crippen LogP contribution in [0.4, 0.5) is 0 Å². The zero-order valence-electron chi connectivity index (χ0n) is 15.6. The molecule has 0 atom stereocenters. The lowest BCUT2D eigenvalue weighted by Gasteiger charge is -2.11. The third-order valence-electron chi connectivity index (χ3n) is 4.18. The molecule has 1 aromatic heterocycles. The lowest BCUT2D eigenvalue weighted by atomic mass is 10.1. The van der Waals surface area contributed by atoms with Crippen molar-refractivity contribution < 1.29 is 9.59 Å². The highest BCUT2D eigenvalue weighted by Crippen LogP contribution is 2.13. The van der Waals surface area contributed by atoms with Crippen molar-refractivity contribution in [3.05, 3.63) is 99.4 Å². The molecular weight excluding hydrogens is 368 g/mol. The number of rotatable bonds is 7. The van der Waals surface area contributed by atoms with Crippen molar-refractivity contribution in [3.8, 4) is 0 Å². The molecule has 0 spiro atoms. The molecule has 0 radical (unpaired) electrons. The molecule has 2 amide bonds. The molecule has 0 fully saturated rings. The summed E-state index contributed by atoms with van der Waals surface area (Å²) < 4.78 is 0. The van der Waals surface area contributed by atoms with Gasteiger partial charge in [-0.15, -0.1) is 11.3 Å². The zero-order valence-corrected chi connectivity index (χ0v) is 16.5. The summed E-state index contributed by atoms with van der Waals surface area (Å²) in [5, 5.41) is 7.58. The van der Waals surface area contributed by atoms with E-state index in [-0.39, 0.29) is 17.5 Å². The Morgan fingerprint density at radius 3 is 2.39 bits per heavy atom. The summed E-state index contributed by atoms with van der Waals surface area (Å²) in [5.41, 5.74) is 2.97. The van der Waals surface area contributed by atoms with Crippen molar-refractivity contribution in [3.63, 3.8) is 0 Å². The van der Waals surface area contributed by atoms with E-state index >= 15 is 0 Å². The topological polar surface area (TPSA) is 58.2 Å². The van der Waals surface area contributed by atoms with Gasteiger partial charge in [0.1, 0.15) is 5.70 Å². The Bertz CT molecular complexity index is 946. The third-order valence-corrected chi connectivity index (χ3v) is 5.00. The minimum absolute atomic E-state index is 0.237. The van der Waals surface area contributed by atoms with Crippen LogP contribution in [-0.4, -0.2) is 18.4 Å². The predicted octanol–water partition coefficient (Wildman–Crippen LogP) is 4.19. The number of carbonyl (C=O) groups excluding carboxylic acids is 2. The van der Waals surface area contributed by atoms with Crippen LogP contribution in [0.3, 0.4) is 0 Å². The quantitative estimate of drug-likeness (QED) is 0.595. The van der Waals surface area contributed by atoms with Crippen LogP contribution in [0.25, 0.3) is 6.08 Å². The van der Waals surface area contributed by atoms with Crippen molar-refractivity contribution in [2.24, 2.45) is 0 Å². The molecule has 142 valence electrons. The molecule has 0 bridgehead atoms. The molecule has 0 unspecified atom stereocenters. The minimum atomic E-state index is -0.305. The number of aryl methyl sites for hydroxylation is 1. The Kier molecular flexibility index (Phi) is 6.76. The molecular formula is C23H22N2O2S. The van der Waals surface area contributed by atoms with Gasteiger partial charge in [-0.25, -0.2) is 0 Å². The second-order valence-electron chi connectivity index (χ2n) is 6.39. The first kappa shape index (κ1) is 19.6. The van der Waals surface area contributed by atoms with Gasteiger partial charge >= 0.3 is 0 Å². The zero-order chi connectivity index (χ0) is 19.8. The van der Waals surface area contributed by atoms with Crippen molar-refractivity contribution >= 4 is 29.2 Å². The van der Waals surface area contributed by atoms with E-state index in [9.17, 15) is 9.59 Å². The van der Waals surface area contributed by atoms with Crippen LogP contribution in [0.15, 0.2) is 77.8 Å². The van der Waals surface area contributed by atoms with Gasteiger partial charge in [-0.05, 0) is 48.6 Å². The normalized spacial score (nSPS) is 11.1. The number of hydrogen-bond acceptors (Lipinski definition) is 3. The van der Waals surface area contributed by atoms with Gasteiger partial charge < -0.3 is 10.6 Å². The van der Waals surface area contributed by atoms with Crippen LogP contribution >= 0.6 is 11.3 Å². The molecule has 0 saturated carbocycles. The Balaban J connectivity index is 1.68. The van der Waals surface area contributed by atoms with E-state index in [1.807, 2.05) is 66.9 Å². The molecule has 4 nitrogen and oxygen atoms in total. The van der Waals surface area contributed by atoms with Gasteiger partial charge in [-0.3, -0.25) is 9.59 Å². The third kappa shape index (κ3) is 5.66. The van der Waals surface area contributed by atoms with E-state index in [2.05, 4.69) is 10.6 Å². The molecule has 0 saturated heterocycles. The number of thiophene rings is 1. The predicted molar refractivity (Wildman–Crippen MR) is 114 cm³/mol. The van der Waals surface area contributed by atoms with Gasteiger partial charge in [0.15, 0.2) is 0 Å². The van der Waals surface area contributed by atoms with Crippen LogP contribution in [0, 0.1) is 6.92 Å². The number of nitrogens with one attached hydrogen (secondary N) is 2. The minimum Gasteiger partial charge on any atom is -0.350 e. The largest absolute Gasteiger partial charge is 0.350 e. The summed E-state index contributed by atoms with van der Waals surface area (Å²) in [7, 11) is 0. The molecule has 3 aromatic rings. The lowest BCUT2D eigenvalue weighted by Crippen LogP contribution is -2.35. The maximum absolute atomic E-state index is 12.7. The van der Waals surface area contributed by atoms with E-state index in [4.69, 9.17) is 0 Å². The smallest absolute Gasteiger partial charge is 0.267 e. The first-order chi connectivity index (χ1) is 13.6. The van der Waals surface area contributed by atoms with E-state index in [0.717, 1.165) is 22.4 Å². The summed E-state index contributed by atoms with van der Waals surface area (Å²) >= 11 is 1.51. The maximum atomic E-state index is 12.7. The highest BCUT2D eigenvalue weighted by molar-refractivity contribution is 7.10. The fourth-order valence-corrected chi connectivity index (χ4v) is 3.29. The summed E-state index contributed by atoms with van der Waals surface area (Å²) in [4.78, 5) is 26.2. The van der Waals surface area contributed by atoms with E-state index in [0.29, 0.717) is 12.1 Å². The second kappa shape index (κ2) is 9.67. The Hall–Kier alpha value is -3.18. The number of hydrogen-bond donors (Lipinski definition) is 2. The van der Waals surface area contributed by atoms with Crippen molar-refractivity contribution in [1.82, 2.24) is 10.6 Å². The summed E-state index contributed by atoms with van der Waals surface area (Å²) in [6, 6.07) is 21.0. The van der Waals surface area contributed by atoms with Crippen molar-refractivity contribution in [1.29, 1.82) is 0 Å². The fraction of sp³-hybridized carbons (Fsp3) is 0.130. The number of benzene rings is 2. The molecule has 1 heterocycles. The molecule has 0 aliphatic heterocycles. The van der Waals surface area contributed by atoms with Gasteiger partial charge in [-0.2, -0.15) is 0 Å². The first-order valence-electron chi connectivity index (χ1n) is 9.07.